The number of anilines is 1. The third-order valence-corrected chi connectivity index (χ3v) is 3.14. The summed E-state index contributed by atoms with van der Waals surface area (Å²) in [6.45, 7) is 1.97. The standard InChI is InChI=1S/C10H13N3OS/c1-7-2-3-9(11-4-7)13-10(14)8-5-15-6-12-8/h2-4,8,12H,5-6H2,1H3,(H,11,13,14). The zero-order valence-electron chi connectivity index (χ0n) is 8.49. The van der Waals surface area contributed by atoms with Crippen LogP contribution in [0.4, 0.5) is 5.82 Å². The van der Waals surface area contributed by atoms with E-state index in [1.807, 2.05) is 19.1 Å². The SMILES string of the molecule is Cc1ccc(NC(=O)C2CSCN2)nc1. The maximum absolute atomic E-state index is 11.7. The van der Waals surface area contributed by atoms with Crippen molar-refractivity contribution in [2.24, 2.45) is 0 Å². The minimum absolute atomic E-state index is 0.00338. The zero-order chi connectivity index (χ0) is 10.7. The smallest absolute Gasteiger partial charge is 0.243 e. The second-order valence-corrected chi connectivity index (χ2v) is 4.51. The molecule has 1 atom stereocenters. The topological polar surface area (TPSA) is 54.0 Å². The van der Waals surface area contributed by atoms with Gasteiger partial charge in [0.1, 0.15) is 5.82 Å². The summed E-state index contributed by atoms with van der Waals surface area (Å²) in [5, 5.41) is 5.90. The molecule has 1 unspecified atom stereocenters. The van der Waals surface area contributed by atoms with Crippen molar-refractivity contribution in [2.75, 3.05) is 16.9 Å². The van der Waals surface area contributed by atoms with Gasteiger partial charge in [0.25, 0.3) is 0 Å². The monoisotopic (exact) mass is 223 g/mol. The summed E-state index contributed by atoms with van der Waals surface area (Å²) in [5.41, 5.74) is 1.09. The van der Waals surface area contributed by atoms with Crippen molar-refractivity contribution in [3.8, 4) is 0 Å². The van der Waals surface area contributed by atoms with Crippen molar-refractivity contribution in [1.29, 1.82) is 0 Å². The van der Waals surface area contributed by atoms with E-state index < -0.39 is 0 Å². The van der Waals surface area contributed by atoms with Gasteiger partial charge in [-0.25, -0.2) is 4.98 Å². The fourth-order valence-corrected chi connectivity index (χ4v) is 2.26. The Morgan fingerprint density at radius 3 is 3.13 bits per heavy atom. The molecule has 1 aromatic heterocycles. The highest BCUT2D eigenvalue weighted by Gasteiger charge is 2.22. The molecular weight excluding hydrogens is 210 g/mol. The van der Waals surface area contributed by atoms with Crippen molar-refractivity contribution < 1.29 is 4.79 Å². The molecule has 1 aliphatic heterocycles. The predicted octanol–water partition coefficient (Wildman–Crippen LogP) is 0.991. The van der Waals surface area contributed by atoms with Gasteiger partial charge in [0.15, 0.2) is 0 Å². The molecule has 0 saturated carbocycles. The van der Waals surface area contributed by atoms with E-state index in [1.54, 1.807) is 18.0 Å². The Morgan fingerprint density at radius 1 is 1.67 bits per heavy atom. The molecule has 0 spiro atoms. The number of nitrogens with one attached hydrogen (secondary N) is 2. The van der Waals surface area contributed by atoms with Crippen LogP contribution in [0.15, 0.2) is 18.3 Å². The summed E-state index contributed by atoms with van der Waals surface area (Å²) >= 11 is 1.73. The molecule has 15 heavy (non-hydrogen) atoms. The largest absolute Gasteiger partial charge is 0.309 e. The molecule has 2 rings (SSSR count). The first-order chi connectivity index (χ1) is 7.25. The Bertz CT molecular complexity index is 346. The third kappa shape index (κ3) is 2.70. The molecule has 4 nitrogen and oxygen atoms in total. The van der Waals surface area contributed by atoms with Crippen LogP contribution in [0.3, 0.4) is 0 Å². The van der Waals surface area contributed by atoms with Crippen LogP contribution < -0.4 is 10.6 Å². The number of carbonyl (C=O) groups is 1. The van der Waals surface area contributed by atoms with Gasteiger partial charge in [-0.3, -0.25) is 10.1 Å². The quantitative estimate of drug-likeness (QED) is 0.785. The van der Waals surface area contributed by atoms with Gasteiger partial charge >= 0.3 is 0 Å². The van der Waals surface area contributed by atoms with Crippen LogP contribution in [-0.2, 0) is 4.79 Å². The van der Waals surface area contributed by atoms with Gasteiger partial charge in [-0.05, 0) is 18.6 Å². The molecule has 0 bridgehead atoms. The van der Waals surface area contributed by atoms with Crippen LogP contribution in [-0.4, -0.2) is 28.6 Å². The molecule has 0 radical (unpaired) electrons. The number of aromatic nitrogens is 1. The van der Waals surface area contributed by atoms with Gasteiger partial charge in [-0.2, -0.15) is 0 Å². The van der Waals surface area contributed by atoms with Crippen LogP contribution >= 0.6 is 11.8 Å². The number of aryl methyl sites for hydroxylation is 1. The highest BCUT2D eigenvalue weighted by molar-refractivity contribution is 7.99. The molecule has 2 N–H and O–H groups in total. The normalized spacial score (nSPS) is 20.2. The Balaban J connectivity index is 1.96. The maximum atomic E-state index is 11.7. The van der Waals surface area contributed by atoms with Crippen LogP contribution in [0.25, 0.3) is 0 Å². The minimum atomic E-state index is -0.0851. The number of hydrogen-bond acceptors (Lipinski definition) is 4. The fraction of sp³-hybridized carbons (Fsp3) is 0.400. The van der Waals surface area contributed by atoms with Gasteiger partial charge in [-0.1, -0.05) is 6.07 Å². The molecule has 1 aromatic rings. The number of thioether (sulfide) groups is 1. The van der Waals surface area contributed by atoms with Crippen LogP contribution in [0.1, 0.15) is 5.56 Å². The fourth-order valence-electron chi connectivity index (χ4n) is 1.32. The van der Waals surface area contributed by atoms with E-state index in [0.29, 0.717) is 5.82 Å². The number of nitrogens with zero attached hydrogens (tertiary/aromatic N) is 1. The summed E-state index contributed by atoms with van der Waals surface area (Å²) < 4.78 is 0. The van der Waals surface area contributed by atoms with Crippen molar-refractivity contribution in [3.63, 3.8) is 0 Å². The van der Waals surface area contributed by atoms with E-state index in [1.165, 1.54) is 0 Å². The van der Waals surface area contributed by atoms with E-state index in [4.69, 9.17) is 0 Å². The van der Waals surface area contributed by atoms with E-state index in [-0.39, 0.29) is 11.9 Å². The highest BCUT2D eigenvalue weighted by Crippen LogP contribution is 2.11. The Kier molecular flexibility index (Phi) is 3.23. The van der Waals surface area contributed by atoms with Gasteiger partial charge < -0.3 is 5.32 Å². The Morgan fingerprint density at radius 2 is 2.53 bits per heavy atom. The zero-order valence-corrected chi connectivity index (χ0v) is 9.30. The molecular formula is C10H13N3OS. The molecule has 0 aliphatic carbocycles. The first kappa shape index (κ1) is 10.4. The molecule has 1 saturated heterocycles. The van der Waals surface area contributed by atoms with E-state index in [0.717, 1.165) is 17.2 Å². The Hall–Kier alpha value is -1.07. The van der Waals surface area contributed by atoms with E-state index in [9.17, 15) is 4.79 Å². The molecule has 2 heterocycles. The number of carbonyl (C=O) groups excluding carboxylic acids is 1. The minimum Gasteiger partial charge on any atom is -0.309 e. The lowest BCUT2D eigenvalue weighted by Crippen LogP contribution is -2.37. The molecule has 1 fully saturated rings. The van der Waals surface area contributed by atoms with Crippen LogP contribution in [0, 0.1) is 6.92 Å². The lowest BCUT2D eigenvalue weighted by Gasteiger charge is -2.09. The van der Waals surface area contributed by atoms with Gasteiger partial charge in [-0.15, -0.1) is 11.8 Å². The number of rotatable bonds is 2. The summed E-state index contributed by atoms with van der Waals surface area (Å²) in [6, 6.07) is 3.66. The third-order valence-electron chi connectivity index (χ3n) is 2.20. The number of hydrogen-bond donors (Lipinski definition) is 2. The first-order valence-electron chi connectivity index (χ1n) is 4.80. The maximum Gasteiger partial charge on any atom is 0.243 e. The van der Waals surface area contributed by atoms with Crippen LogP contribution in [0.2, 0.25) is 0 Å². The number of pyridine rings is 1. The Labute approximate surface area is 92.9 Å². The summed E-state index contributed by atoms with van der Waals surface area (Å²) in [4.78, 5) is 15.8. The summed E-state index contributed by atoms with van der Waals surface area (Å²) in [7, 11) is 0. The number of amides is 1. The van der Waals surface area contributed by atoms with Crippen molar-refractivity contribution >= 4 is 23.5 Å². The molecule has 1 amide bonds. The van der Waals surface area contributed by atoms with E-state index in [2.05, 4.69) is 15.6 Å². The first-order valence-corrected chi connectivity index (χ1v) is 5.96. The highest BCUT2D eigenvalue weighted by atomic mass is 32.2. The van der Waals surface area contributed by atoms with Crippen molar-refractivity contribution in [3.05, 3.63) is 23.9 Å². The molecule has 80 valence electrons. The molecule has 1 aliphatic rings. The van der Waals surface area contributed by atoms with Crippen molar-refractivity contribution in [1.82, 2.24) is 10.3 Å². The lowest BCUT2D eigenvalue weighted by atomic mass is 10.3. The molecule has 0 aromatic carbocycles. The summed E-state index contributed by atoms with van der Waals surface area (Å²) in [6.07, 6.45) is 1.74. The molecule has 5 heteroatoms. The second kappa shape index (κ2) is 4.63. The average Bonchev–Trinajstić information content (AvgIpc) is 2.74. The average molecular weight is 223 g/mol. The van der Waals surface area contributed by atoms with Gasteiger partial charge in [0.05, 0.1) is 6.04 Å². The lowest BCUT2D eigenvalue weighted by molar-refractivity contribution is -0.117. The predicted molar refractivity (Wildman–Crippen MR) is 61.9 cm³/mol. The van der Waals surface area contributed by atoms with E-state index >= 15 is 0 Å². The second-order valence-electron chi connectivity index (χ2n) is 3.48. The summed E-state index contributed by atoms with van der Waals surface area (Å²) in [5.74, 6) is 2.29. The van der Waals surface area contributed by atoms with Gasteiger partial charge in [0, 0.05) is 17.8 Å². The van der Waals surface area contributed by atoms with Gasteiger partial charge in [0.2, 0.25) is 5.91 Å². The van der Waals surface area contributed by atoms with Crippen LogP contribution in [0.5, 0.6) is 0 Å². The van der Waals surface area contributed by atoms with Crippen molar-refractivity contribution in [2.45, 2.75) is 13.0 Å².